The molecule has 1 saturated carbocycles. The molecule has 4 nitrogen and oxygen atoms in total. The summed E-state index contributed by atoms with van der Waals surface area (Å²) in [5.74, 6) is -0.299. The molecule has 0 unspecified atom stereocenters. The number of rotatable bonds is 5. The summed E-state index contributed by atoms with van der Waals surface area (Å²) in [6.07, 6.45) is 3.30. The lowest BCUT2D eigenvalue weighted by Gasteiger charge is -2.24. The van der Waals surface area contributed by atoms with Gasteiger partial charge < -0.3 is 9.80 Å². The Labute approximate surface area is 152 Å². The molecule has 0 aromatic heterocycles. The van der Waals surface area contributed by atoms with Gasteiger partial charge in [-0.2, -0.15) is 0 Å². The van der Waals surface area contributed by atoms with Crippen molar-refractivity contribution in [3.63, 3.8) is 0 Å². The third-order valence-electron chi connectivity index (χ3n) is 5.03. The maximum absolute atomic E-state index is 14.0. The minimum Gasteiger partial charge on any atom is -0.331 e. The molecule has 2 amide bonds. The first-order valence-electron chi connectivity index (χ1n) is 9.08. The molecule has 2 aliphatic rings. The Hall–Kier alpha value is -2.69. The molecule has 1 heterocycles. The van der Waals surface area contributed by atoms with E-state index < -0.39 is 0 Å². The summed E-state index contributed by atoms with van der Waals surface area (Å²) in [5, 5.41) is 0. The van der Waals surface area contributed by atoms with Crippen LogP contribution < -0.4 is 4.90 Å². The van der Waals surface area contributed by atoms with E-state index in [1.165, 1.54) is 6.07 Å². The molecule has 0 atom stereocenters. The molecule has 1 aliphatic carbocycles. The molecule has 0 bridgehead atoms. The van der Waals surface area contributed by atoms with Crippen molar-refractivity contribution in [2.75, 3.05) is 11.4 Å². The molecular weight excluding hydrogens is 331 g/mol. The van der Waals surface area contributed by atoms with E-state index in [0.29, 0.717) is 24.1 Å². The van der Waals surface area contributed by atoms with E-state index in [-0.39, 0.29) is 30.2 Å². The molecule has 4 rings (SSSR count). The standard InChI is InChI=1S/C21H21FN2O2/c22-19-8-2-1-5-16(19)14-24(17-10-11-17)21(26)15-6-3-7-18(13-15)23-12-4-9-20(23)25/h1-3,5-8,13,17H,4,9-12,14H2. The Bertz CT molecular complexity index is 847. The first kappa shape index (κ1) is 16.8. The van der Waals surface area contributed by atoms with E-state index in [2.05, 4.69) is 0 Å². The fourth-order valence-corrected chi connectivity index (χ4v) is 3.46. The fraction of sp³-hybridized carbons (Fsp3) is 0.333. The predicted molar refractivity (Wildman–Crippen MR) is 97.3 cm³/mol. The summed E-state index contributed by atoms with van der Waals surface area (Å²) in [7, 11) is 0. The topological polar surface area (TPSA) is 40.6 Å². The Morgan fingerprint density at radius 3 is 2.65 bits per heavy atom. The fourth-order valence-electron chi connectivity index (χ4n) is 3.46. The second kappa shape index (κ2) is 6.90. The van der Waals surface area contributed by atoms with Crippen molar-refractivity contribution in [1.29, 1.82) is 0 Å². The van der Waals surface area contributed by atoms with Crippen molar-refractivity contribution in [2.24, 2.45) is 0 Å². The summed E-state index contributed by atoms with van der Waals surface area (Å²) < 4.78 is 14.0. The maximum atomic E-state index is 14.0. The van der Waals surface area contributed by atoms with Crippen molar-refractivity contribution < 1.29 is 14.0 Å². The highest BCUT2D eigenvalue weighted by Crippen LogP contribution is 2.31. The number of hydrogen-bond acceptors (Lipinski definition) is 2. The lowest BCUT2D eigenvalue weighted by atomic mass is 10.1. The molecule has 0 radical (unpaired) electrons. The van der Waals surface area contributed by atoms with Crippen LogP contribution in [-0.2, 0) is 11.3 Å². The van der Waals surface area contributed by atoms with Crippen LogP contribution in [0.1, 0.15) is 41.6 Å². The number of nitrogens with zero attached hydrogens (tertiary/aromatic N) is 2. The summed E-state index contributed by atoms with van der Waals surface area (Å²) in [5.41, 5.74) is 1.84. The lowest BCUT2D eigenvalue weighted by Crippen LogP contribution is -2.33. The number of carbonyl (C=O) groups excluding carboxylic acids is 2. The van der Waals surface area contributed by atoms with E-state index in [9.17, 15) is 14.0 Å². The van der Waals surface area contributed by atoms with E-state index in [0.717, 1.165) is 24.9 Å². The Balaban J connectivity index is 1.58. The second-order valence-corrected chi connectivity index (χ2v) is 6.95. The third kappa shape index (κ3) is 3.34. The minimum atomic E-state index is -0.289. The van der Waals surface area contributed by atoms with Crippen LogP contribution >= 0.6 is 0 Å². The van der Waals surface area contributed by atoms with E-state index >= 15 is 0 Å². The summed E-state index contributed by atoms with van der Waals surface area (Å²) in [4.78, 5) is 28.6. The van der Waals surface area contributed by atoms with E-state index in [4.69, 9.17) is 0 Å². The van der Waals surface area contributed by atoms with E-state index in [1.807, 2.05) is 12.1 Å². The minimum absolute atomic E-state index is 0.0972. The highest BCUT2D eigenvalue weighted by atomic mass is 19.1. The van der Waals surface area contributed by atoms with Crippen LogP contribution in [0.25, 0.3) is 0 Å². The Morgan fingerprint density at radius 2 is 1.96 bits per heavy atom. The molecule has 5 heteroatoms. The first-order chi connectivity index (χ1) is 12.6. The zero-order valence-electron chi connectivity index (χ0n) is 14.5. The molecular formula is C21H21FN2O2. The van der Waals surface area contributed by atoms with Gasteiger partial charge in [0.2, 0.25) is 5.91 Å². The van der Waals surface area contributed by atoms with Crippen LogP contribution in [-0.4, -0.2) is 29.3 Å². The molecule has 134 valence electrons. The molecule has 0 spiro atoms. The molecule has 1 saturated heterocycles. The quantitative estimate of drug-likeness (QED) is 0.822. The Kier molecular flexibility index (Phi) is 4.45. The SMILES string of the molecule is O=C1CCCN1c1cccc(C(=O)N(Cc2ccccc2F)C2CC2)c1. The van der Waals surface area contributed by atoms with Crippen LogP contribution in [0.3, 0.4) is 0 Å². The normalized spacial score (nSPS) is 16.8. The number of benzene rings is 2. The largest absolute Gasteiger partial charge is 0.331 e. The van der Waals surface area contributed by atoms with Crippen molar-refractivity contribution in [3.05, 3.63) is 65.5 Å². The van der Waals surface area contributed by atoms with Gasteiger partial charge in [0, 0.05) is 42.4 Å². The van der Waals surface area contributed by atoms with Gasteiger partial charge in [-0.05, 0) is 43.5 Å². The van der Waals surface area contributed by atoms with Crippen molar-refractivity contribution in [3.8, 4) is 0 Å². The average Bonchev–Trinajstić information content (AvgIpc) is 3.41. The van der Waals surface area contributed by atoms with E-state index in [1.54, 1.807) is 40.1 Å². The smallest absolute Gasteiger partial charge is 0.254 e. The average molecular weight is 352 g/mol. The monoisotopic (exact) mass is 352 g/mol. The van der Waals surface area contributed by atoms with Gasteiger partial charge in [0.1, 0.15) is 5.82 Å². The third-order valence-corrected chi connectivity index (χ3v) is 5.03. The summed E-state index contributed by atoms with van der Waals surface area (Å²) in [6, 6.07) is 14.0. The van der Waals surface area contributed by atoms with Crippen LogP contribution in [0, 0.1) is 5.82 Å². The number of carbonyl (C=O) groups is 2. The second-order valence-electron chi connectivity index (χ2n) is 6.95. The van der Waals surface area contributed by atoms with Gasteiger partial charge in [0.15, 0.2) is 0 Å². The molecule has 2 aromatic rings. The van der Waals surface area contributed by atoms with Gasteiger partial charge in [-0.15, -0.1) is 0 Å². The molecule has 2 fully saturated rings. The molecule has 1 aliphatic heterocycles. The van der Waals surface area contributed by atoms with Crippen LogP contribution in [0.4, 0.5) is 10.1 Å². The van der Waals surface area contributed by atoms with Crippen molar-refractivity contribution >= 4 is 17.5 Å². The first-order valence-corrected chi connectivity index (χ1v) is 9.08. The van der Waals surface area contributed by atoms with Gasteiger partial charge in [-0.1, -0.05) is 24.3 Å². The summed E-state index contributed by atoms with van der Waals surface area (Å²) >= 11 is 0. The lowest BCUT2D eigenvalue weighted by molar-refractivity contribution is -0.117. The van der Waals surface area contributed by atoms with Gasteiger partial charge in [-0.25, -0.2) is 4.39 Å². The molecule has 2 aromatic carbocycles. The van der Waals surface area contributed by atoms with Crippen LogP contribution in [0.2, 0.25) is 0 Å². The molecule has 26 heavy (non-hydrogen) atoms. The van der Waals surface area contributed by atoms with Crippen molar-refractivity contribution in [1.82, 2.24) is 4.90 Å². The van der Waals surface area contributed by atoms with Gasteiger partial charge >= 0.3 is 0 Å². The summed E-state index contributed by atoms with van der Waals surface area (Å²) in [6.45, 7) is 0.959. The predicted octanol–water partition coefficient (Wildman–Crippen LogP) is 3.76. The Morgan fingerprint density at radius 1 is 1.15 bits per heavy atom. The number of amides is 2. The maximum Gasteiger partial charge on any atom is 0.254 e. The highest BCUT2D eigenvalue weighted by Gasteiger charge is 2.34. The van der Waals surface area contributed by atoms with Crippen LogP contribution in [0.15, 0.2) is 48.5 Å². The van der Waals surface area contributed by atoms with Crippen LogP contribution in [0.5, 0.6) is 0 Å². The zero-order valence-corrected chi connectivity index (χ0v) is 14.5. The highest BCUT2D eigenvalue weighted by molar-refractivity contribution is 5.99. The number of halogens is 1. The number of anilines is 1. The van der Waals surface area contributed by atoms with Crippen molar-refractivity contribution in [2.45, 2.75) is 38.3 Å². The van der Waals surface area contributed by atoms with Gasteiger partial charge in [0.05, 0.1) is 0 Å². The number of hydrogen-bond donors (Lipinski definition) is 0. The van der Waals surface area contributed by atoms with Gasteiger partial charge in [0.25, 0.3) is 5.91 Å². The zero-order chi connectivity index (χ0) is 18.1. The van der Waals surface area contributed by atoms with Gasteiger partial charge in [-0.3, -0.25) is 9.59 Å². The molecule has 0 N–H and O–H groups in total.